The summed E-state index contributed by atoms with van der Waals surface area (Å²) in [4.78, 5) is 7.16. The summed E-state index contributed by atoms with van der Waals surface area (Å²) in [6.45, 7) is 7.34. The van der Waals surface area contributed by atoms with Gasteiger partial charge in [0.05, 0.1) is 19.4 Å². The molecule has 138 valence electrons. The van der Waals surface area contributed by atoms with Crippen molar-refractivity contribution in [2.24, 2.45) is 4.99 Å². The van der Waals surface area contributed by atoms with Crippen molar-refractivity contribution in [3.05, 3.63) is 24.2 Å². The van der Waals surface area contributed by atoms with Gasteiger partial charge >= 0.3 is 0 Å². The summed E-state index contributed by atoms with van der Waals surface area (Å²) >= 11 is 0. The van der Waals surface area contributed by atoms with E-state index in [4.69, 9.17) is 9.15 Å². The Morgan fingerprint density at radius 1 is 1.38 bits per heavy atom. The Morgan fingerprint density at radius 2 is 2.21 bits per heavy atom. The topological polar surface area (TPSA) is 62.0 Å². The number of furan rings is 1. The van der Waals surface area contributed by atoms with Crippen LogP contribution in [0.5, 0.6) is 0 Å². The fourth-order valence-electron chi connectivity index (χ4n) is 2.52. The molecule has 0 atom stereocenters. The Hall–Kier alpha value is -0.800. The Balaban J connectivity index is 0.00000288. The monoisotopic (exact) mass is 450 g/mol. The van der Waals surface area contributed by atoms with E-state index in [-0.39, 0.29) is 24.0 Å². The average Bonchev–Trinajstić information content (AvgIpc) is 3.27. The molecule has 0 saturated heterocycles. The molecular weight excluding hydrogens is 419 g/mol. The molecule has 0 bridgehead atoms. The van der Waals surface area contributed by atoms with Crippen LogP contribution in [0.4, 0.5) is 0 Å². The Kier molecular flexibility index (Phi) is 11.1. The highest BCUT2D eigenvalue weighted by Gasteiger charge is 2.27. The van der Waals surface area contributed by atoms with Crippen molar-refractivity contribution in [3.8, 4) is 0 Å². The number of methoxy groups -OCH3 is 1. The van der Waals surface area contributed by atoms with Gasteiger partial charge in [0, 0.05) is 45.8 Å². The number of halogens is 1. The largest absolute Gasteiger partial charge is 0.469 e. The molecule has 0 aromatic carbocycles. The van der Waals surface area contributed by atoms with E-state index >= 15 is 0 Å². The molecule has 2 N–H and O–H groups in total. The lowest BCUT2D eigenvalue weighted by atomic mass is 10.3. The Labute approximate surface area is 162 Å². The van der Waals surface area contributed by atoms with Gasteiger partial charge in [0.15, 0.2) is 5.96 Å². The molecule has 1 aromatic rings. The fourth-order valence-corrected chi connectivity index (χ4v) is 2.52. The minimum Gasteiger partial charge on any atom is -0.469 e. The Bertz CT molecular complexity index is 449. The summed E-state index contributed by atoms with van der Waals surface area (Å²) < 4.78 is 10.5. The standard InChI is InChI=1S/C17H30N4O2.HI/c1-3-18-17(19-9-8-16-5-4-13-23-16)20-10-11-21(12-14-22-2)15-6-7-15;/h4-5,13,15H,3,6-12,14H2,1-2H3,(H2,18,19,20);1H. The molecule has 0 unspecified atom stereocenters. The molecule has 0 spiro atoms. The van der Waals surface area contributed by atoms with Gasteiger partial charge in [-0.25, -0.2) is 0 Å². The molecule has 1 aromatic heterocycles. The van der Waals surface area contributed by atoms with Crippen LogP contribution in [0.3, 0.4) is 0 Å². The molecule has 0 aliphatic heterocycles. The number of hydrogen-bond donors (Lipinski definition) is 2. The first-order valence-corrected chi connectivity index (χ1v) is 8.61. The number of ether oxygens (including phenoxy) is 1. The number of nitrogens with one attached hydrogen (secondary N) is 2. The highest BCUT2D eigenvalue weighted by molar-refractivity contribution is 14.0. The second-order valence-electron chi connectivity index (χ2n) is 5.78. The van der Waals surface area contributed by atoms with Gasteiger partial charge in [0.1, 0.15) is 5.76 Å². The lowest BCUT2D eigenvalue weighted by molar-refractivity contribution is 0.145. The van der Waals surface area contributed by atoms with Crippen molar-refractivity contribution in [1.29, 1.82) is 0 Å². The molecule has 1 aliphatic carbocycles. The summed E-state index contributed by atoms with van der Waals surface area (Å²) in [6.07, 6.45) is 5.20. The number of aliphatic imine (C=N–C) groups is 1. The molecule has 0 radical (unpaired) electrons. The van der Waals surface area contributed by atoms with E-state index in [2.05, 4.69) is 27.4 Å². The molecule has 7 heteroatoms. The summed E-state index contributed by atoms with van der Waals surface area (Å²) in [5, 5.41) is 6.65. The zero-order valence-corrected chi connectivity index (χ0v) is 17.1. The van der Waals surface area contributed by atoms with Gasteiger partial charge in [0.25, 0.3) is 0 Å². The van der Waals surface area contributed by atoms with Gasteiger partial charge in [-0.05, 0) is 31.9 Å². The average molecular weight is 450 g/mol. The van der Waals surface area contributed by atoms with Gasteiger partial charge in [-0.3, -0.25) is 9.89 Å². The van der Waals surface area contributed by atoms with Crippen LogP contribution < -0.4 is 10.6 Å². The van der Waals surface area contributed by atoms with Gasteiger partial charge in [-0.1, -0.05) is 0 Å². The first-order valence-electron chi connectivity index (χ1n) is 8.61. The van der Waals surface area contributed by atoms with E-state index in [1.54, 1.807) is 13.4 Å². The minimum absolute atomic E-state index is 0. The van der Waals surface area contributed by atoms with Crippen LogP contribution in [0, 0.1) is 0 Å². The predicted octanol–water partition coefficient (Wildman–Crippen LogP) is 2.11. The third kappa shape index (κ3) is 8.34. The number of rotatable bonds is 11. The second kappa shape index (κ2) is 12.5. The summed E-state index contributed by atoms with van der Waals surface area (Å²) in [5.74, 6) is 1.87. The van der Waals surface area contributed by atoms with Gasteiger partial charge < -0.3 is 19.8 Å². The van der Waals surface area contributed by atoms with Crippen LogP contribution in [-0.2, 0) is 11.2 Å². The summed E-state index contributed by atoms with van der Waals surface area (Å²) in [7, 11) is 1.76. The van der Waals surface area contributed by atoms with E-state index in [1.807, 2.05) is 12.1 Å². The molecule has 0 amide bonds. The van der Waals surface area contributed by atoms with E-state index in [1.165, 1.54) is 12.8 Å². The van der Waals surface area contributed by atoms with E-state index in [0.717, 1.165) is 63.5 Å². The number of nitrogens with zero attached hydrogens (tertiary/aromatic N) is 2. The predicted molar refractivity (Wildman–Crippen MR) is 108 cm³/mol. The van der Waals surface area contributed by atoms with Crippen molar-refractivity contribution < 1.29 is 9.15 Å². The van der Waals surface area contributed by atoms with E-state index in [9.17, 15) is 0 Å². The van der Waals surface area contributed by atoms with Crippen LogP contribution in [0.1, 0.15) is 25.5 Å². The maximum Gasteiger partial charge on any atom is 0.191 e. The maximum absolute atomic E-state index is 5.34. The smallest absolute Gasteiger partial charge is 0.191 e. The Morgan fingerprint density at radius 3 is 2.83 bits per heavy atom. The van der Waals surface area contributed by atoms with Gasteiger partial charge in [0.2, 0.25) is 0 Å². The SMILES string of the molecule is CCNC(=NCCN(CCOC)C1CC1)NCCc1ccco1.I. The lowest BCUT2D eigenvalue weighted by Gasteiger charge is -2.20. The lowest BCUT2D eigenvalue weighted by Crippen LogP contribution is -2.39. The first-order chi connectivity index (χ1) is 11.3. The molecule has 24 heavy (non-hydrogen) atoms. The fraction of sp³-hybridized carbons (Fsp3) is 0.706. The van der Waals surface area contributed by atoms with Gasteiger partial charge in [-0.2, -0.15) is 0 Å². The molecule has 1 fully saturated rings. The highest BCUT2D eigenvalue weighted by atomic mass is 127. The third-order valence-corrected chi connectivity index (χ3v) is 3.89. The minimum atomic E-state index is 0. The molecule has 1 aliphatic rings. The van der Waals surface area contributed by atoms with Gasteiger partial charge in [-0.15, -0.1) is 24.0 Å². The normalized spacial score (nSPS) is 14.5. The van der Waals surface area contributed by atoms with E-state index in [0.29, 0.717) is 0 Å². The van der Waals surface area contributed by atoms with Crippen molar-refractivity contribution in [2.75, 3.05) is 46.4 Å². The molecular formula is C17H31IN4O2. The van der Waals surface area contributed by atoms with Crippen LogP contribution in [0.15, 0.2) is 27.8 Å². The molecule has 1 heterocycles. The molecule has 2 rings (SSSR count). The van der Waals surface area contributed by atoms with Crippen molar-refractivity contribution >= 4 is 29.9 Å². The first kappa shape index (κ1) is 21.2. The van der Waals surface area contributed by atoms with E-state index < -0.39 is 0 Å². The molecule has 1 saturated carbocycles. The van der Waals surface area contributed by atoms with Crippen molar-refractivity contribution in [2.45, 2.75) is 32.2 Å². The van der Waals surface area contributed by atoms with Crippen LogP contribution in [-0.4, -0.2) is 63.3 Å². The zero-order chi connectivity index (χ0) is 16.3. The molecule has 6 nitrogen and oxygen atoms in total. The maximum atomic E-state index is 5.34. The van der Waals surface area contributed by atoms with Crippen LogP contribution >= 0.6 is 24.0 Å². The van der Waals surface area contributed by atoms with Crippen molar-refractivity contribution in [3.63, 3.8) is 0 Å². The second-order valence-corrected chi connectivity index (χ2v) is 5.78. The van der Waals surface area contributed by atoms with Crippen LogP contribution in [0.2, 0.25) is 0 Å². The summed E-state index contributed by atoms with van der Waals surface area (Å²) in [5.41, 5.74) is 0. The summed E-state index contributed by atoms with van der Waals surface area (Å²) in [6, 6.07) is 4.66. The highest BCUT2D eigenvalue weighted by Crippen LogP contribution is 2.26. The van der Waals surface area contributed by atoms with Crippen molar-refractivity contribution in [1.82, 2.24) is 15.5 Å². The van der Waals surface area contributed by atoms with Crippen LogP contribution in [0.25, 0.3) is 0 Å². The number of hydrogen-bond acceptors (Lipinski definition) is 4. The zero-order valence-electron chi connectivity index (χ0n) is 14.8. The quantitative estimate of drug-likeness (QED) is 0.307. The number of guanidine groups is 1. The third-order valence-electron chi connectivity index (χ3n) is 3.89.